The van der Waals surface area contributed by atoms with Crippen molar-refractivity contribution in [1.29, 1.82) is 0 Å². The zero-order valence-electron chi connectivity index (χ0n) is 16.0. The van der Waals surface area contributed by atoms with Crippen molar-refractivity contribution in [2.45, 2.75) is 13.1 Å². The van der Waals surface area contributed by atoms with E-state index in [1.54, 1.807) is 43.5 Å². The molecule has 0 aliphatic carbocycles. The summed E-state index contributed by atoms with van der Waals surface area (Å²) >= 11 is 0. The first-order chi connectivity index (χ1) is 14.0. The molecular weight excluding hydrogens is 377 g/mol. The number of carbonyl (C=O) groups excluding carboxylic acids is 1. The first kappa shape index (κ1) is 20.1. The highest BCUT2D eigenvalue weighted by Gasteiger charge is 2.11. The number of benzene rings is 2. The third kappa shape index (κ3) is 4.78. The highest BCUT2D eigenvalue weighted by molar-refractivity contribution is 5.75. The third-order valence-corrected chi connectivity index (χ3v) is 4.25. The van der Waals surface area contributed by atoms with E-state index in [0.29, 0.717) is 11.5 Å². The zero-order chi connectivity index (χ0) is 20.8. The molecule has 1 aromatic heterocycles. The minimum Gasteiger partial charge on any atom is -0.493 e. The maximum Gasteiger partial charge on any atom is 0.267 e. The molecule has 0 saturated carbocycles. The molecule has 0 spiro atoms. The van der Waals surface area contributed by atoms with Gasteiger partial charge in [-0.25, -0.2) is 9.07 Å². The van der Waals surface area contributed by atoms with Crippen molar-refractivity contribution in [1.82, 2.24) is 15.1 Å². The normalized spacial score (nSPS) is 10.4. The Morgan fingerprint density at radius 2 is 1.83 bits per heavy atom. The standard InChI is InChI=1S/C21H20FN3O4/c1-28-18-9-7-14(11-19(18)29-2)12-23-20(26)13-25-21(27)10-8-17(24-25)15-5-3-4-6-16(15)22/h3-11H,12-13H2,1-2H3,(H,23,26). The number of nitrogens with one attached hydrogen (secondary N) is 1. The molecule has 0 radical (unpaired) electrons. The molecule has 3 aromatic rings. The summed E-state index contributed by atoms with van der Waals surface area (Å²) in [6.45, 7) is -0.0463. The maximum atomic E-state index is 14.0. The highest BCUT2D eigenvalue weighted by Crippen LogP contribution is 2.27. The number of aromatic nitrogens is 2. The first-order valence-corrected chi connectivity index (χ1v) is 8.82. The van der Waals surface area contributed by atoms with E-state index in [1.807, 2.05) is 0 Å². The topological polar surface area (TPSA) is 82.5 Å². The summed E-state index contributed by atoms with van der Waals surface area (Å²) in [4.78, 5) is 24.3. The fourth-order valence-electron chi connectivity index (χ4n) is 2.76. The number of halogens is 1. The van der Waals surface area contributed by atoms with Crippen LogP contribution in [0.3, 0.4) is 0 Å². The van der Waals surface area contributed by atoms with E-state index in [-0.39, 0.29) is 24.3 Å². The molecule has 0 aliphatic rings. The summed E-state index contributed by atoms with van der Waals surface area (Å²) in [5, 5.41) is 6.84. The van der Waals surface area contributed by atoms with E-state index in [0.717, 1.165) is 10.2 Å². The lowest BCUT2D eigenvalue weighted by Gasteiger charge is -2.11. The summed E-state index contributed by atoms with van der Waals surface area (Å²) in [6.07, 6.45) is 0. The molecule has 1 amide bonds. The molecule has 0 saturated heterocycles. The number of nitrogens with zero attached hydrogens (tertiary/aromatic N) is 2. The minimum absolute atomic E-state index is 0.237. The smallest absolute Gasteiger partial charge is 0.267 e. The number of methoxy groups -OCH3 is 2. The lowest BCUT2D eigenvalue weighted by molar-refractivity contribution is -0.122. The Morgan fingerprint density at radius 3 is 2.55 bits per heavy atom. The van der Waals surface area contributed by atoms with E-state index in [9.17, 15) is 14.0 Å². The van der Waals surface area contributed by atoms with Crippen LogP contribution in [0.2, 0.25) is 0 Å². The van der Waals surface area contributed by atoms with Gasteiger partial charge in [-0.15, -0.1) is 0 Å². The molecule has 29 heavy (non-hydrogen) atoms. The Balaban J connectivity index is 1.70. The number of carbonyl (C=O) groups is 1. The summed E-state index contributed by atoms with van der Waals surface area (Å²) in [5.74, 6) is 0.279. The quantitative estimate of drug-likeness (QED) is 0.662. The van der Waals surface area contributed by atoms with Gasteiger partial charge in [0.25, 0.3) is 5.56 Å². The van der Waals surface area contributed by atoms with Crippen LogP contribution in [0.4, 0.5) is 4.39 Å². The average molecular weight is 397 g/mol. The van der Waals surface area contributed by atoms with Crippen molar-refractivity contribution < 1.29 is 18.7 Å². The van der Waals surface area contributed by atoms with Crippen molar-refractivity contribution in [3.8, 4) is 22.8 Å². The Kier molecular flexibility index (Phi) is 6.23. The monoisotopic (exact) mass is 397 g/mol. The van der Waals surface area contributed by atoms with Crippen LogP contribution in [0.5, 0.6) is 11.5 Å². The van der Waals surface area contributed by atoms with Gasteiger partial charge in [0.15, 0.2) is 11.5 Å². The Morgan fingerprint density at radius 1 is 1.07 bits per heavy atom. The molecule has 0 aliphatic heterocycles. The van der Waals surface area contributed by atoms with E-state index < -0.39 is 17.3 Å². The van der Waals surface area contributed by atoms with Crippen molar-refractivity contribution in [2.75, 3.05) is 14.2 Å². The number of ether oxygens (including phenoxy) is 2. The van der Waals surface area contributed by atoms with Crippen molar-refractivity contribution in [2.24, 2.45) is 0 Å². The molecule has 1 heterocycles. The molecule has 0 bridgehead atoms. The lowest BCUT2D eigenvalue weighted by Crippen LogP contribution is -2.33. The van der Waals surface area contributed by atoms with Gasteiger partial charge in [-0.05, 0) is 35.9 Å². The summed E-state index contributed by atoms with van der Waals surface area (Å²) in [7, 11) is 3.07. The van der Waals surface area contributed by atoms with Gasteiger partial charge in [-0.2, -0.15) is 5.10 Å². The summed E-state index contributed by atoms with van der Waals surface area (Å²) in [6, 6.07) is 14.1. The van der Waals surface area contributed by atoms with Gasteiger partial charge < -0.3 is 14.8 Å². The van der Waals surface area contributed by atoms with Crippen molar-refractivity contribution in [3.63, 3.8) is 0 Å². The minimum atomic E-state index is -0.455. The molecule has 1 N–H and O–H groups in total. The van der Waals surface area contributed by atoms with E-state index in [1.165, 1.54) is 25.3 Å². The first-order valence-electron chi connectivity index (χ1n) is 8.82. The fraction of sp³-hybridized carbons (Fsp3) is 0.190. The van der Waals surface area contributed by atoms with Gasteiger partial charge in [0.05, 0.1) is 19.9 Å². The van der Waals surface area contributed by atoms with Crippen LogP contribution in [0.15, 0.2) is 59.4 Å². The SMILES string of the molecule is COc1ccc(CNC(=O)Cn2nc(-c3ccccc3F)ccc2=O)cc1OC. The van der Waals surface area contributed by atoms with Gasteiger partial charge in [-0.1, -0.05) is 18.2 Å². The average Bonchev–Trinajstić information content (AvgIpc) is 2.74. The van der Waals surface area contributed by atoms with Crippen LogP contribution in [0.25, 0.3) is 11.3 Å². The predicted molar refractivity (Wildman–Crippen MR) is 105 cm³/mol. The molecular formula is C21H20FN3O4. The largest absolute Gasteiger partial charge is 0.493 e. The highest BCUT2D eigenvalue weighted by atomic mass is 19.1. The molecule has 150 valence electrons. The van der Waals surface area contributed by atoms with E-state index >= 15 is 0 Å². The second-order valence-electron chi connectivity index (χ2n) is 6.16. The molecule has 0 unspecified atom stereocenters. The molecule has 2 aromatic carbocycles. The molecule has 0 fully saturated rings. The van der Waals surface area contributed by atoms with Crippen LogP contribution in [0.1, 0.15) is 5.56 Å². The Hall–Kier alpha value is -3.68. The molecule has 7 nitrogen and oxygen atoms in total. The van der Waals surface area contributed by atoms with Crippen LogP contribution in [-0.2, 0) is 17.9 Å². The zero-order valence-corrected chi connectivity index (χ0v) is 16.0. The second kappa shape index (κ2) is 9.01. The Bertz CT molecular complexity index is 1080. The van der Waals surface area contributed by atoms with Crippen LogP contribution in [-0.4, -0.2) is 29.9 Å². The molecule has 8 heteroatoms. The second-order valence-corrected chi connectivity index (χ2v) is 6.16. The Labute approximate surface area is 166 Å². The van der Waals surface area contributed by atoms with Gasteiger partial charge in [0.2, 0.25) is 5.91 Å². The predicted octanol–water partition coefficient (Wildman–Crippen LogP) is 2.38. The van der Waals surface area contributed by atoms with Crippen molar-refractivity contribution in [3.05, 3.63) is 76.3 Å². The maximum absolute atomic E-state index is 14.0. The summed E-state index contributed by atoms with van der Waals surface area (Å²) in [5.41, 5.74) is 0.880. The number of hydrogen-bond donors (Lipinski definition) is 1. The fourth-order valence-corrected chi connectivity index (χ4v) is 2.76. The lowest BCUT2D eigenvalue weighted by atomic mass is 10.1. The van der Waals surface area contributed by atoms with Crippen molar-refractivity contribution >= 4 is 5.91 Å². The van der Waals surface area contributed by atoms with Crippen LogP contribution < -0.4 is 20.3 Å². The van der Waals surface area contributed by atoms with E-state index in [2.05, 4.69) is 10.4 Å². The number of rotatable bonds is 7. The summed E-state index contributed by atoms with van der Waals surface area (Å²) < 4.78 is 25.4. The van der Waals surface area contributed by atoms with Gasteiger partial charge >= 0.3 is 0 Å². The van der Waals surface area contributed by atoms with Crippen LogP contribution in [0, 0.1) is 5.82 Å². The number of amides is 1. The van der Waals surface area contributed by atoms with E-state index in [4.69, 9.17) is 9.47 Å². The molecule has 3 rings (SSSR count). The third-order valence-electron chi connectivity index (χ3n) is 4.25. The van der Waals surface area contributed by atoms with Crippen LogP contribution >= 0.6 is 0 Å². The van der Waals surface area contributed by atoms with Gasteiger partial charge in [0.1, 0.15) is 12.4 Å². The van der Waals surface area contributed by atoms with Gasteiger partial charge in [-0.3, -0.25) is 9.59 Å². The van der Waals surface area contributed by atoms with Gasteiger partial charge in [0, 0.05) is 18.2 Å². The molecule has 0 atom stereocenters. The number of hydrogen-bond acceptors (Lipinski definition) is 5.